The summed E-state index contributed by atoms with van der Waals surface area (Å²) in [5, 5.41) is 2.50. The molecule has 2 aromatic rings. The van der Waals surface area contributed by atoms with Crippen molar-refractivity contribution in [3.8, 4) is 0 Å². The summed E-state index contributed by atoms with van der Waals surface area (Å²) in [6.07, 6.45) is 0. The van der Waals surface area contributed by atoms with Crippen LogP contribution in [0, 0.1) is 5.82 Å². The number of thiophene rings is 1. The Morgan fingerprint density at radius 3 is 2.87 bits per heavy atom. The standard InChI is InChI=1S/C15H10ClFN2OS3/c16-9-6-8(3-4-10(9)17)18-13(20)11-7-23-14(19(11)15(18)21)12-2-1-5-22-12/h1-6,11,14H,7H2/t11-,14+/m0/s1. The fourth-order valence-corrected chi connectivity index (χ4v) is 5.86. The molecule has 23 heavy (non-hydrogen) atoms. The first-order valence-electron chi connectivity index (χ1n) is 6.84. The maximum Gasteiger partial charge on any atom is 0.257 e. The van der Waals surface area contributed by atoms with Crippen LogP contribution in [0.25, 0.3) is 0 Å². The molecule has 8 heteroatoms. The second kappa shape index (κ2) is 5.73. The van der Waals surface area contributed by atoms with Crippen LogP contribution in [0.15, 0.2) is 35.7 Å². The third kappa shape index (κ3) is 2.38. The number of carbonyl (C=O) groups is 1. The molecule has 118 valence electrons. The van der Waals surface area contributed by atoms with Crippen LogP contribution in [0.1, 0.15) is 10.3 Å². The van der Waals surface area contributed by atoms with Crippen molar-refractivity contribution < 1.29 is 9.18 Å². The number of nitrogens with zero attached hydrogens (tertiary/aromatic N) is 2. The van der Waals surface area contributed by atoms with Gasteiger partial charge in [-0.05, 0) is 41.9 Å². The Morgan fingerprint density at radius 1 is 1.35 bits per heavy atom. The Hall–Kier alpha value is -1.15. The smallest absolute Gasteiger partial charge is 0.257 e. The number of hydrogen-bond acceptors (Lipinski definition) is 4. The fourth-order valence-electron chi connectivity index (χ4n) is 2.80. The predicted molar refractivity (Wildman–Crippen MR) is 96.6 cm³/mol. The van der Waals surface area contributed by atoms with Crippen LogP contribution in [0.3, 0.4) is 0 Å². The molecule has 2 atom stereocenters. The molecule has 2 aliphatic rings. The van der Waals surface area contributed by atoms with E-state index >= 15 is 0 Å². The number of halogens is 2. The monoisotopic (exact) mass is 384 g/mol. The largest absolute Gasteiger partial charge is 0.319 e. The summed E-state index contributed by atoms with van der Waals surface area (Å²) < 4.78 is 13.4. The Labute approximate surface area is 151 Å². The molecule has 4 rings (SSSR count). The van der Waals surface area contributed by atoms with Gasteiger partial charge in [0, 0.05) is 10.6 Å². The number of benzene rings is 1. The minimum absolute atomic E-state index is 0.0191. The molecule has 0 unspecified atom stereocenters. The SMILES string of the molecule is O=C1[C@@H]2CS[C@H](c3cccs3)N2C(=S)N1c1ccc(F)c(Cl)c1. The zero-order chi connectivity index (χ0) is 16.1. The highest BCUT2D eigenvalue weighted by Gasteiger charge is 2.51. The van der Waals surface area contributed by atoms with Gasteiger partial charge >= 0.3 is 0 Å². The van der Waals surface area contributed by atoms with E-state index < -0.39 is 5.82 Å². The van der Waals surface area contributed by atoms with Crippen LogP contribution in [0.2, 0.25) is 5.02 Å². The maximum atomic E-state index is 13.4. The van der Waals surface area contributed by atoms with Crippen LogP contribution < -0.4 is 4.90 Å². The molecular weight excluding hydrogens is 375 g/mol. The van der Waals surface area contributed by atoms with Crippen molar-refractivity contribution in [1.82, 2.24) is 4.90 Å². The van der Waals surface area contributed by atoms with E-state index in [0.29, 0.717) is 16.6 Å². The van der Waals surface area contributed by atoms with E-state index in [1.165, 1.54) is 28.0 Å². The summed E-state index contributed by atoms with van der Waals surface area (Å²) in [7, 11) is 0. The van der Waals surface area contributed by atoms with E-state index in [4.69, 9.17) is 23.8 Å². The summed E-state index contributed by atoms with van der Waals surface area (Å²) in [6.45, 7) is 0. The second-order valence-electron chi connectivity index (χ2n) is 5.18. The Balaban J connectivity index is 1.71. The van der Waals surface area contributed by atoms with E-state index in [1.54, 1.807) is 23.1 Å². The van der Waals surface area contributed by atoms with E-state index in [1.807, 2.05) is 16.3 Å². The van der Waals surface area contributed by atoms with Gasteiger partial charge in [-0.2, -0.15) is 0 Å². The first kappa shape index (κ1) is 15.4. The van der Waals surface area contributed by atoms with Crippen LogP contribution in [0.5, 0.6) is 0 Å². The van der Waals surface area contributed by atoms with Crippen molar-refractivity contribution in [3.05, 3.63) is 51.4 Å². The lowest BCUT2D eigenvalue weighted by Crippen LogP contribution is -2.33. The van der Waals surface area contributed by atoms with E-state index in [9.17, 15) is 9.18 Å². The maximum absolute atomic E-state index is 13.4. The number of thiocarbonyl (C=S) groups is 1. The third-order valence-electron chi connectivity index (χ3n) is 3.87. The average molecular weight is 385 g/mol. The predicted octanol–water partition coefficient (Wildman–Crippen LogP) is 4.29. The summed E-state index contributed by atoms with van der Waals surface area (Å²) in [4.78, 5) is 17.4. The normalized spacial score (nSPS) is 23.7. The van der Waals surface area contributed by atoms with Gasteiger partial charge in [0.2, 0.25) is 0 Å². The highest BCUT2D eigenvalue weighted by atomic mass is 35.5. The lowest BCUT2D eigenvalue weighted by Gasteiger charge is -2.24. The quantitative estimate of drug-likeness (QED) is 0.721. The van der Waals surface area contributed by atoms with Gasteiger partial charge in [0.15, 0.2) is 5.11 Å². The number of hydrogen-bond donors (Lipinski definition) is 0. The van der Waals surface area contributed by atoms with Gasteiger partial charge < -0.3 is 4.90 Å². The van der Waals surface area contributed by atoms with E-state index in [2.05, 4.69) is 6.07 Å². The van der Waals surface area contributed by atoms with E-state index in [-0.39, 0.29) is 22.3 Å². The first-order chi connectivity index (χ1) is 11.1. The van der Waals surface area contributed by atoms with Gasteiger partial charge in [-0.15, -0.1) is 23.1 Å². The van der Waals surface area contributed by atoms with Crippen LogP contribution >= 0.6 is 46.9 Å². The summed E-state index contributed by atoms with van der Waals surface area (Å²) in [5.74, 6) is 0.0946. The fraction of sp³-hybridized carbons (Fsp3) is 0.200. The summed E-state index contributed by atoms with van der Waals surface area (Å²) >= 11 is 14.8. The van der Waals surface area contributed by atoms with Crippen LogP contribution in [-0.2, 0) is 4.79 Å². The molecular formula is C15H10ClFN2OS3. The first-order valence-corrected chi connectivity index (χ1v) is 9.55. The summed E-state index contributed by atoms with van der Waals surface area (Å²) in [5.41, 5.74) is 0.510. The lowest BCUT2D eigenvalue weighted by atomic mass is 10.2. The molecule has 1 aromatic heterocycles. The number of anilines is 1. The Bertz CT molecular complexity index is 798. The molecule has 3 nitrogen and oxygen atoms in total. The topological polar surface area (TPSA) is 23.6 Å². The molecule has 0 N–H and O–H groups in total. The lowest BCUT2D eigenvalue weighted by molar-refractivity contribution is -0.119. The van der Waals surface area contributed by atoms with Crippen molar-refractivity contribution in [1.29, 1.82) is 0 Å². The third-order valence-corrected chi connectivity index (χ3v) is 6.93. The molecule has 2 saturated heterocycles. The number of thioether (sulfide) groups is 1. The average Bonchev–Trinajstić information content (AvgIpc) is 3.22. The molecule has 0 radical (unpaired) electrons. The van der Waals surface area contributed by atoms with Crippen LogP contribution in [-0.4, -0.2) is 27.7 Å². The van der Waals surface area contributed by atoms with Crippen molar-refractivity contribution in [2.24, 2.45) is 0 Å². The molecule has 0 spiro atoms. The molecule has 1 amide bonds. The molecule has 0 aliphatic carbocycles. The zero-order valence-corrected chi connectivity index (χ0v) is 14.8. The molecule has 2 aliphatic heterocycles. The minimum Gasteiger partial charge on any atom is -0.319 e. The van der Waals surface area contributed by atoms with Crippen molar-refractivity contribution >= 4 is 63.6 Å². The van der Waals surface area contributed by atoms with Gasteiger partial charge in [0.05, 0.1) is 10.7 Å². The number of amides is 1. The molecule has 2 fully saturated rings. The van der Waals surface area contributed by atoms with E-state index in [0.717, 1.165) is 0 Å². The summed E-state index contributed by atoms with van der Waals surface area (Å²) in [6, 6.07) is 7.99. The van der Waals surface area contributed by atoms with Gasteiger partial charge in [-0.25, -0.2) is 4.39 Å². The second-order valence-corrected chi connectivity index (χ2v) is 8.04. The number of carbonyl (C=O) groups excluding carboxylic acids is 1. The van der Waals surface area contributed by atoms with Crippen LogP contribution in [0.4, 0.5) is 10.1 Å². The number of rotatable bonds is 2. The molecule has 0 saturated carbocycles. The molecule has 3 heterocycles. The zero-order valence-electron chi connectivity index (χ0n) is 11.6. The Kier molecular flexibility index (Phi) is 3.84. The van der Waals surface area contributed by atoms with Crippen molar-refractivity contribution in [2.45, 2.75) is 11.4 Å². The molecule has 0 bridgehead atoms. The minimum atomic E-state index is -0.513. The molecule has 1 aromatic carbocycles. The van der Waals surface area contributed by atoms with Crippen molar-refractivity contribution in [2.75, 3.05) is 10.7 Å². The van der Waals surface area contributed by atoms with Gasteiger partial charge in [0.1, 0.15) is 17.2 Å². The Morgan fingerprint density at radius 2 is 2.17 bits per heavy atom. The number of fused-ring (bicyclic) bond motifs is 1. The van der Waals surface area contributed by atoms with Gasteiger partial charge in [-0.3, -0.25) is 9.69 Å². The highest BCUT2D eigenvalue weighted by Crippen LogP contribution is 2.47. The van der Waals surface area contributed by atoms with Gasteiger partial charge in [0.25, 0.3) is 5.91 Å². The highest BCUT2D eigenvalue weighted by molar-refractivity contribution is 8.00. The van der Waals surface area contributed by atoms with Crippen molar-refractivity contribution in [3.63, 3.8) is 0 Å². The van der Waals surface area contributed by atoms with Gasteiger partial charge in [-0.1, -0.05) is 17.7 Å².